The molecule has 29 heavy (non-hydrogen) atoms. The number of hydrogen-bond donors (Lipinski definition) is 0. The van der Waals surface area contributed by atoms with E-state index in [1.165, 1.54) is 17.9 Å². The van der Waals surface area contributed by atoms with Crippen molar-refractivity contribution in [1.82, 2.24) is 24.0 Å². The number of amides is 1. The number of nitrogens with zero attached hydrogens (tertiary/aromatic N) is 5. The van der Waals surface area contributed by atoms with Crippen LogP contribution in [0.3, 0.4) is 0 Å². The Morgan fingerprint density at radius 2 is 2.21 bits per heavy atom. The van der Waals surface area contributed by atoms with E-state index in [1.54, 1.807) is 36.2 Å². The van der Waals surface area contributed by atoms with Gasteiger partial charge in [-0.3, -0.25) is 9.47 Å². The van der Waals surface area contributed by atoms with Gasteiger partial charge in [0.15, 0.2) is 17.7 Å². The molecule has 0 spiro atoms. The van der Waals surface area contributed by atoms with Crippen LogP contribution in [-0.2, 0) is 18.4 Å². The summed E-state index contributed by atoms with van der Waals surface area (Å²) >= 11 is 6.02. The zero-order valence-electron chi connectivity index (χ0n) is 16.0. The molecule has 4 rings (SSSR count). The maximum Gasteiger partial charge on any atom is 0.338 e. The SMILES string of the molecule is COCc1ncc2c(n1)n(C)c(=O)n2C(=O)N1CCC[C@@H]1Oc1cccc(Cl)c1. The highest BCUT2D eigenvalue weighted by Gasteiger charge is 2.33. The third-order valence-electron chi connectivity index (χ3n) is 4.81. The Hall–Kier alpha value is -2.91. The number of ether oxygens (including phenoxy) is 2. The van der Waals surface area contributed by atoms with Crippen LogP contribution < -0.4 is 10.4 Å². The fourth-order valence-corrected chi connectivity index (χ4v) is 3.62. The standard InChI is InChI=1S/C19H20ClN5O4/c1-23-17-14(10-21-15(22-17)11-28-2)25(18(23)26)19(27)24-8-4-7-16(24)29-13-6-3-5-12(20)9-13/h3,5-6,9-10,16H,4,7-8,11H2,1-2H3/t16-/m0/s1. The molecule has 1 aliphatic rings. The molecule has 2 aromatic heterocycles. The average Bonchev–Trinajstić information content (AvgIpc) is 3.25. The quantitative estimate of drug-likeness (QED) is 0.647. The summed E-state index contributed by atoms with van der Waals surface area (Å²) in [5.41, 5.74) is 0.231. The first kappa shape index (κ1) is 19.4. The maximum absolute atomic E-state index is 13.3. The summed E-state index contributed by atoms with van der Waals surface area (Å²) in [7, 11) is 3.11. The van der Waals surface area contributed by atoms with Crippen LogP contribution in [0, 0.1) is 0 Å². The number of halogens is 1. The molecule has 0 N–H and O–H groups in total. The first-order chi connectivity index (χ1) is 14.0. The predicted octanol–water partition coefficient (Wildman–Crippen LogP) is 2.40. The Bertz CT molecular complexity index is 1130. The van der Waals surface area contributed by atoms with Gasteiger partial charge in [0, 0.05) is 32.1 Å². The van der Waals surface area contributed by atoms with E-state index < -0.39 is 17.9 Å². The highest BCUT2D eigenvalue weighted by Crippen LogP contribution is 2.25. The molecule has 1 saturated heterocycles. The van der Waals surface area contributed by atoms with E-state index in [0.717, 1.165) is 11.0 Å². The molecule has 1 aliphatic heterocycles. The number of carbonyl (C=O) groups excluding carboxylic acids is 1. The number of aryl methyl sites for hydroxylation is 1. The highest BCUT2D eigenvalue weighted by atomic mass is 35.5. The summed E-state index contributed by atoms with van der Waals surface area (Å²) in [4.78, 5) is 36.1. The second-order valence-corrected chi connectivity index (χ2v) is 7.19. The second-order valence-electron chi connectivity index (χ2n) is 6.75. The van der Waals surface area contributed by atoms with E-state index >= 15 is 0 Å². The Morgan fingerprint density at radius 1 is 1.38 bits per heavy atom. The fraction of sp³-hybridized carbons (Fsp3) is 0.368. The predicted molar refractivity (Wildman–Crippen MR) is 106 cm³/mol. The fourth-order valence-electron chi connectivity index (χ4n) is 3.44. The van der Waals surface area contributed by atoms with E-state index in [-0.39, 0.29) is 6.61 Å². The van der Waals surface area contributed by atoms with E-state index in [2.05, 4.69) is 9.97 Å². The summed E-state index contributed by atoms with van der Waals surface area (Å²) in [5, 5.41) is 0.549. The van der Waals surface area contributed by atoms with E-state index in [1.807, 2.05) is 0 Å². The van der Waals surface area contributed by atoms with Crippen molar-refractivity contribution in [3.8, 4) is 5.75 Å². The number of methoxy groups -OCH3 is 1. The molecule has 1 aromatic carbocycles. The van der Waals surface area contributed by atoms with Crippen LogP contribution in [0.1, 0.15) is 18.7 Å². The molecule has 152 valence electrons. The first-order valence-corrected chi connectivity index (χ1v) is 9.53. The molecule has 0 bridgehead atoms. The summed E-state index contributed by atoms with van der Waals surface area (Å²) < 4.78 is 13.4. The van der Waals surface area contributed by atoms with Gasteiger partial charge in [-0.2, -0.15) is 0 Å². The molecule has 1 fully saturated rings. The van der Waals surface area contributed by atoms with Crippen LogP contribution in [0.25, 0.3) is 11.2 Å². The topological polar surface area (TPSA) is 91.5 Å². The highest BCUT2D eigenvalue weighted by molar-refractivity contribution is 6.30. The Balaban J connectivity index is 1.67. The van der Waals surface area contributed by atoms with E-state index in [9.17, 15) is 9.59 Å². The summed E-state index contributed by atoms with van der Waals surface area (Å²) in [6, 6.07) is 6.54. The number of fused-ring (bicyclic) bond motifs is 1. The van der Waals surface area contributed by atoms with Crippen LogP contribution in [0.5, 0.6) is 5.75 Å². The van der Waals surface area contributed by atoms with E-state index in [4.69, 9.17) is 21.1 Å². The van der Waals surface area contributed by atoms with Gasteiger partial charge in [-0.05, 0) is 24.6 Å². The van der Waals surface area contributed by atoms with Crippen LogP contribution in [0.2, 0.25) is 5.02 Å². The largest absolute Gasteiger partial charge is 0.470 e. The van der Waals surface area contributed by atoms with Crippen LogP contribution in [0.15, 0.2) is 35.3 Å². The average molecular weight is 418 g/mol. The molecule has 3 heterocycles. The summed E-state index contributed by atoms with van der Waals surface area (Å²) in [6.45, 7) is 0.695. The van der Waals surface area contributed by atoms with Crippen molar-refractivity contribution in [3.05, 3.63) is 51.8 Å². The van der Waals surface area contributed by atoms with Gasteiger partial charge in [-0.25, -0.2) is 24.1 Å². The molecular weight excluding hydrogens is 398 g/mol. The minimum Gasteiger partial charge on any atom is -0.470 e. The summed E-state index contributed by atoms with van der Waals surface area (Å²) in [6.07, 6.45) is 2.41. The lowest BCUT2D eigenvalue weighted by Crippen LogP contribution is -2.44. The Morgan fingerprint density at radius 3 is 2.97 bits per heavy atom. The van der Waals surface area contributed by atoms with Gasteiger partial charge in [-0.1, -0.05) is 17.7 Å². The molecule has 0 unspecified atom stereocenters. The molecule has 1 atom stereocenters. The molecule has 0 radical (unpaired) electrons. The lowest BCUT2D eigenvalue weighted by Gasteiger charge is -2.25. The Kier molecular flexibility index (Phi) is 5.25. The molecular formula is C19H20ClN5O4. The van der Waals surface area contributed by atoms with Crippen molar-refractivity contribution in [3.63, 3.8) is 0 Å². The molecule has 3 aromatic rings. The van der Waals surface area contributed by atoms with Crippen molar-refractivity contribution in [2.24, 2.45) is 7.05 Å². The zero-order chi connectivity index (χ0) is 20.5. The number of imidazole rings is 1. The smallest absolute Gasteiger partial charge is 0.338 e. The van der Waals surface area contributed by atoms with Gasteiger partial charge in [0.05, 0.1) is 6.20 Å². The lowest BCUT2D eigenvalue weighted by atomic mass is 10.3. The van der Waals surface area contributed by atoms with Crippen molar-refractivity contribution in [1.29, 1.82) is 0 Å². The molecule has 10 heteroatoms. The number of rotatable bonds is 4. The molecule has 1 amide bonds. The molecule has 0 saturated carbocycles. The van der Waals surface area contributed by atoms with Crippen molar-refractivity contribution in [2.75, 3.05) is 13.7 Å². The second kappa shape index (κ2) is 7.84. The van der Waals surface area contributed by atoms with Gasteiger partial charge in [0.2, 0.25) is 0 Å². The third-order valence-corrected chi connectivity index (χ3v) is 5.05. The van der Waals surface area contributed by atoms with Crippen molar-refractivity contribution < 1.29 is 14.3 Å². The number of hydrogen-bond acceptors (Lipinski definition) is 6. The van der Waals surface area contributed by atoms with E-state index in [0.29, 0.717) is 40.7 Å². The van der Waals surface area contributed by atoms with Crippen LogP contribution >= 0.6 is 11.6 Å². The van der Waals surface area contributed by atoms with Gasteiger partial charge >= 0.3 is 11.7 Å². The number of aromatic nitrogens is 4. The van der Waals surface area contributed by atoms with Gasteiger partial charge in [-0.15, -0.1) is 0 Å². The lowest BCUT2D eigenvalue weighted by molar-refractivity contribution is 0.0827. The number of likely N-dealkylation sites (tertiary alicyclic amines) is 1. The summed E-state index contributed by atoms with van der Waals surface area (Å²) in [5.74, 6) is 1.00. The van der Waals surface area contributed by atoms with Gasteiger partial charge < -0.3 is 9.47 Å². The number of benzene rings is 1. The van der Waals surface area contributed by atoms with Crippen molar-refractivity contribution in [2.45, 2.75) is 25.7 Å². The van der Waals surface area contributed by atoms with Gasteiger partial charge in [0.1, 0.15) is 17.9 Å². The number of carbonyl (C=O) groups is 1. The maximum atomic E-state index is 13.3. The molecule has 0 aliphatic carbocycles. The zero-order valence-corrected chi connectivity index (χ0v) is 16.8. The Labute approximate surface area is 171 Å². The normalized spacial score (nSPS) is 16.5. The minimum absolute atomic E-state index is 0.213. The third kappa shape index (κ3) is 3.58. The van der Waals surface area contributed by atoms with Gasteiger partial charge in [0.25, 0.3) is 0 Å². The first-order valence-electron chi connectivity index (χ1n) is 9.15. The van der Waals surface area contributed by atoms with Crippen LogP contribution in [-0.4, -0.2) is 49.9 Å². The monoisotopic (exact) mass is 417 g/mol. The minimum atomic E-state index is -0.489. The van der Waals surface area contributed by atoms with Crippen LogP contribution in [0.4, 0.5) is 4.79 Å². The van der Waals surface area contributed by atoms with Crippen molar-refractivity contribution >= 4 is 28.8 Å². The molecule has 9 nitrogen and oxygen atoms in total.